The van der Waals surface area contributed by atoms with Crippen LogP contribution in [0.15, 0.2) is 9.98 Å². The Hall–Kier alpha value is -2.09. The van der Waals surface area contributed by atoms with Crippen LogP contribution in [0.4, 0.5) is 5.00 Å². The van der Waals surface area contributed by atoms with E-state index in [2.05, 4.69) is 36.8 Å². The Labute approximate surface area is 209 Å². The van der Waals surface area contributed by atoms with Gasteiger partial charge in [-0.2, -0.15) is 0 Å². The predicted octanol–water partition coefficient (Wildman–Crippen LogP) is 2.88. The molecule has 3 aliphatic heterocycles. The lowest BCUT2D eigenvalue weighted by Gasteiger charge is -2.34. The zero-order valence-electron chi connectivity index (χ0n) is 19.0. The topological polar surface area (TPSA) is 160 Å². The van der Waals surface area contributed by atoms with Crippen molar-refractivity contribution in [2.45, 2.75) is 55.6 Å². The summed E-state index contributed by atoms with van der Waals surface area (Å²) in [7, 11) is 0. The van der Waals surface area contributed by atoms with Crippen LogP contribution >= 0.6 is 34.9 Å². The number of aliphatic carboxylic acids is 3. The third kappa shape index (κ3) is 5.75. The van der Waals surface area contributed by atoms with Gasteiger partial charge in [0.15, 0.2) is 10.8 Å². The normalized spacial score (nSPS) is 18.3. The van der Waals surface area contributed by atoms with Crippen molar-refractivity contribution >= 4 is 68.8 Å². The smallest absolute Gasteiger partial charge is 0.336 e. The minimum Gasteiger partial charge on any atom is -0.481 e. The van der Waals surface area contributed by atoms with Crippen LogP contribution < -0.4 is 0 Å². The standard InChI is InChI=1S/C15H19N3S3.C6H8O7/c1-15(2)7-9-10(8-20-15)21-13-11(9)12-16-5-4-6-18(12)14(17-13)19-3;7-3(8)1-6(13,5(11)12)2-4(9)10/h4-8H2,1-3H3;13H,1-2H2,(H,7,8)(H,9,10)(H,11,12). The number of rotatable bonds is 5. The number of fused-ring (bicyclic) bond motifs is 5. The molecule has 0 spiro atoms. The van der Waals surface area contributed by atoms with Gasteiger partial charge in [0, 0.05) is 28.5 Å². The van der Waals surface area contributed by atoms with E-state index < -0.39 is 36.4 Å². The Bertz CT molecular complexity index is 1050. The minimum atomic E-state index is -2.74. The quantitative estimate of drug-likeness (QED) is 0.446. The molecule has 0 atom stereocenters. The van der Waals surface area contributed by atoms with Crippen LogP contribution in [0.5, 0.6) is 0 Å². The highest BCUT2D eigenvalue weighted by Crippen LogP contribution is 2.49. The van der Waals surface area contributed by atoms with E-state index in [4.69, 9.17) is 30.4 Å². The van der Waals surface area contributed by atoms with Crippen molar-refractivity contribution in [1.29, 1.82) is 0 Å². The average Bonchev–Trinajstić information content (AvgIpc) is 3.09. The van der Waals surface area contributed by atoms with E-state index in [0.29, 0.717) is 4.75 Å². The first-order valence-electron chi connectivity index (χ1n) is 10.5. The van der Waals surface area contributed by atoms with Crippen LogP contribution in [-0.2, 0) is 26.6 Å². The third-order valence-corrected chi connectivity index (χ3v) is 8.79. The van der Waals surface area contributed by atoms with Crippen molar-refractivity contribution < 1.29 is 34.8 Å². The van der Waals surface area contributed by atoms with E-state index in [1.54, 1.807) is 11.8 Å². The molecule has 0 radical (unpaired) electrons. The number of hydrogen-bond donors (Lipinski definition) is 4. The van der Waals surface area contributed by atoms with Gasteiger partial charge in [0.05, 0.1) is 18.4 Å². The summed E-state index contributed by atoms with van der Waals surface area (Å²) in [6, 6.07) is 0. The van der Waals surface area contributed by atoms with Crippen LogP contribution in [0.2, 0.25) is 0 Å². The Morgan fingerprint density at radius 1 is 1.18 bits per heavy atom. The van der Waals surface area contributed by atoms with Gasteiger partial charge in [0.1, 0.15) is 10.8 Å². The second kappa shape index (κ2) is 10.3. The van der Waals surface area contributed by atoms with E-state index >= 15 is 0 Å². The summed E-state index contributed by atoms with van der Waals surface area (Å²) in [5.41, 5.74) is 0.131. The number of nitrogens with zero attached hydrogens (tertiary/aromatic N) is 3. The summed E-state index contributed by atoms with van der Waals surface area (Å²) in [6.45, 7) is 6.71. The van der Waals surface area contributed by atoms with Crippen molar-refractivity contribution in [2.75, 3.05) is 19.3 Å². The fourth-order valence-corrected chi connectivity index (χ4v) is 6.84. The van der Waals surface area contributed by atoms with Gasteiger partial charge in [-0.15, -0.1) is 23.1 Å². The first kappa shape index (κ1) is 26.5. The maximum Gasteiger partial charge on any atom is 0.336 e. The molecular weight excluding hydrogens is 502 g/mol. The molecule has 0 amide bonds. The molecule has 0 bridgehead atoms. The molecule has 10 nitrogen and oxygen atoms in total. The van der Waals surface area contributed by atoms with Gasteiger partial charge in [0.25, 0.3) is 0 Å². The number of carboxylic acid groups (broad SMARTS) is 3. The summed E-state index contributed by atoms with van der Waals surface area (Å²) >= 11 is 5.69. The molecule has 4 rings (SSSR count). The molecule has 0 fully saturated rings. The number of carboxylic acids is 3. The zero-order valence-corrected chi connectivity index (χ0v) is 21.5. The molecule has 0 saturated heterocycles. The number of thiophene rings is 1. The number of thioether (sulfide) groups is 2. The van der Waals surface area contributed by atoms with Gasteiger partial charge in [-0.25, -0.2) is 9.79 Å². The Kier molecular flexibility index (Phi) is 8.00. The van der Waals surface area contributed by atoms with E-state index in [1.807, 2.05) is 11.3 Å². The number of carbonyl (C=O) groups is 3. The van der Waals surface area contributed by atoms with E-state index in [-0.39, 0.29) is 0 Å². The highest BCUT2D eigenvalue weighted by Gasteiger charge is 2.41. The monoisotopic (exact) mass is 529 g/mol. The van der Waals surface area contributed by atoms with Gasteiger partial charge in [-0.3, -0.25) is 14.6 Å². The fourth-order valence-electron chi connectivity index (χ4n) is 3.87. The van der Waals surface area contributed by atoms with Crippen LogP contribution in [0.3, 0.4) is 0 Å². The van der Waals surface area contributed by atoms with E-state index in [9.17, 15) is 14.4 Å². The van der Waals surface area contributed by atoms with Crippen LogP contribution in [0, 0.1) is 0 Å². The predicted molar refractivity (Wildman–Crippen MR) is 134 cm³/mol. The van der Waals surface area contributed by atoms with Gasteiger partial charge in [0.2, 0.25) is 0 Å². The number of amidine groups is 2. The molecule has 186 valence electrons. The Morgan fingerprint density at radius 2 is 1.82 bits per heavy atom. The van der Waals surface area contributed by atoms with Gasteiger partial charge in [-0.1, -0.05) is 25.6 Å². The Balaban J connectivity index is 0.000000218. The molecule has 4 N–H and O–H groups in total. The summed E-state index contributed by atoms with van der Waals surface area (Å²) in [6.07, 6.45) is 2.09. The van der Waals surface area contributed by atoms with Crippen LogP contribution in [0.25, 0.3) is 0 Å². The highest BCUT2D eigenvalue weighted by atomic mass is 32.2. The molecular formula is C21H27N3O7S3. The molecule has 4 heterocycles. The molecule has 3 aliphatic rings. The van der Waals surface area contributed by atoms with E-state index in [1.165, 1.54) is 26.8 Å². The minimum absolute atomic E-state index is 0.325. The van der Waals surface area contributed by atoms with Gasteiger partial charge < -0.3 is 25.3 Å². The molecule has 34 heavy (non-hydrogen) atoms. The molecule has 0 aromatic carbocycles. The first-order chi connectivity index (χ1) is 15.9. The second-order valence-electron chi connectivity index (χ2n) is 8.70. The van der Waals surface area contributed by atoms with E-state index in [0.717, 1.165) is 36.9 Å². The maximum absolute atomic E-state index is 10.3. The highest BCUT2D eigenvalue weighted by molar-refractivity contribution is 8.13. The Morgan fingerprint density at radius 3 is 2.38 bits per heavy atom. The lowest BCUT2D eigenvalue weighted by atomic mass is 9.96. The molecule has 0 aliphatic carbocycles. The van der Waals surface area contributed by atoms with Crippen LogP contribution in [0.1, 0.15) is 49.1 Å². The maximum atomic E-state index is 10.3. The van der Waals surface area contributed by atoms with Crippen molar-refractivity contribution in [1.82, 2.24) is 4.90 Å². The SMILES string of the molecule is CSC1=Nc2sc3c(c2C2=NCCCN12)CC(C)(C)SC3.O=C(O)CC(O)(CC(=O)O)C(=O)O. The van der Waals surface area contributed by atoms with Crippen molar-refractivity contribution in [2.24, 2.45) is 9.98 Å². The number of aliphatic imine (C=N–C) groups is 2. The van der Waals surface area contributed by atoms with Crippen molar-refractivity contribution in [3.05, 3.63) is 16.0 Å². The summed E-state index contributed by atoms with van der Waals surface area (Å²) in [5, 5.41) is 36.1. The van der Waals surface area contributed by atoms with Crippen molar-refractivity contribution in [3.63, 3.8) is 0 Å². The van der Waals surface area contributed by atoms with Gasteiger partial charge >= 0.3 is 17.9 Å². The van der Waals surface area contributed by atoms with Crippen LogP contribution in [-0.4, -0.2) is 83.9 Å². The zero-order chi connectivity index (χ0) is 25.3. The van der Waals surface area contributed by atoms with Crippen molar-refractivity contribution in [3.8, 4) is 0 Å². The number of aliphatic hydroxyl groups is 1. The summed E-state index contributed by atoms with van der Waals surface area (Å²) in [4.78, 5) is 44.1. The molecule has 1 aromatic heterocycles. The third-order valence-electron chi connectivity index (χ3n) is 5.45. The first-order valence-corrected chi connectivity index (χ1v) is 13.5. The largest absolute Gasteiger partial charge is 0.481 e. The fraction of sp³-hybridized carbons (Fsp3) is 0.571. The summed E-state index contributed by atoms with van der Waals surface area (Å²) < 4.78 is 0.325. The summed E-state index contributed by atoms with van der Waals surface area (Å²) in [5.74, 6) is -2.71. The van der Waals surface area contributed by atoms with Gasteiger partial charge in [-0.05, 0) is 24.7 Å². The molecule has 0 unspecified atom stereocenters. The average molecular weight is 530 g/mol. The number of hydrogen-bond acceptors (Lipinski definition) is 10. The molecule has 1 aromatic rings. The second-order valence-corrected chi connectivity index (χ2v) is 12.2. The molecule has 0 saturated carbocycles. The lowest BCUT2D eigenvalue weighted by Crippen LogP contribution is -2.42. The molecule has 13 heteroatoms. The lowest BCUT2D eigenvalue weighted by molar-refractivity contribution is -0.170.